The number of benzene rings is 6. The highest BCUT2D eigenvalue weighted by molar-refractivity contribution is 7.92. The number of rotatable bonds is 46. The van der Waals surface area contributed by atoms with Gasteiger partial charge in [0.15, 0.2) is 0 Å². The smallest absolute Gasteiger partial charge is 0.208 e. The molecular weight excluding hydrogens is 1250 g/mol. The van der Waals surface area contributed by atoms with Crippen LogP contribution in [-0.2, 0) is 73.4 Å². The molecule has 0 atom stereocenters. The van der Waals surface area contributed by atoms with Crippen molar-refractivity contribution in [3.8, 4) is 11.1 Å². The van der Waals surface area contributed by atoms with Crippen molar-refractivity contribution < 1.29 is 46.3 Å². The Kier molecular flexibility index (Phi) is 27.3. The van der Waals surface area contributed by atoms with Crippen LogP contribution in [0.4, 0.5) is 34.1 Å². The predicted octanol–water partition coefficient (Wildman–Crippen LogP) is 20.2. The van der Waals surface area contributed by atoms with Crippen LogP contribution in [0, 0.1) is 35.5 Å². The van der Waals surface area contributed by atoms with Gasteiger partial charge in [0, 0.05) is 82.0 Å². The normalized spacial score (nSPS) is 17.2. The van der Waals surface area contributed by atoms with E-state index in [1.54, 1.807) is 0 Å². The van der Waals surface area contributed by atoms with Crippen LogP contribution in [0.1, 0.15) is 189 Å². The van der Waals surface area contributed by atoms with E-state index in [-0.39, 0.29) is 21.7 Å². The van der Waals surface area contributed by atoms with Crippen LogP contribution >= 0.6 is 0 Å². The number of aryl methyl sites for hydroxylation is 5. The Balaban J connectivity index is 0.789. The molecule has 0 radical (unpaired) electrons. The third-order valence-corrected chi connectivity index (χ3v) is 24.7. The van der Waals surface area contributed by atoms with Gasteiger partial charge in [0.2, 0.25) is 9.84 Å². The maximum atomic E-state index is 15.7. The van der Waals surface area contributed by atoms with Crippen molar-refractivity contribution in [2.24, 2.45) is 21.7 Å². The molecular formula is C86H118N2O10S. The fraction of sp³-hybridized carbons (Fsp3) is 0.581. The molecule has 0 unspecified atom stereocenters. The van der Waals surface area contributed by atoms with E-state index in [4.69, 9.17) is 37.9 Å². The largest absolute Gasteiger partial charge is 0.381 e. The molecule has 12 nitrogen and oxygen atoms in total. The second-order valence-electron chi connectivity index (χ2n) is 30.3. The highest BCUT2D eigenvalue weighted by atomic mass is 32.2. The number of ether oxygens (including phenoxy) is 8. The summed E-state index contributed by atoms with van der Waals surface area (Å²) in [6.07, 6.45) is 26.4. The number of unbranched alkanes of at least 4 members (excludes halogenated alkanes) is 12. The molecule has 0 bridgehead atoms. The van der Waals surface area contributed by atoms with Gasteiger partial charge in [-0.25, -0.2) is 8.42 Å². The second-order valence-corrected chi connectivity index (χ2v) is 32.2. The van der Waals surface area contributed by atoms with Gasteiger partial charge in [-0.15, -0.1) is 0 Å². The maximum Gasteiger partial charge on any atom is 0.208 e. The van der Waals surface area contributed by atoms with Crippen LogP contribution in [0.25, 0.3) is 11.1 Å². The summed E-state index contributed by atoms with van der Waals surface area (Å²) in [6.45, 7) is 26.1. The van der Waals surface area contributed by atoms with Crippen molar-refractivity contribution in [2.45, 2.75) is 205 Å². The fourth-order valence-corrected chi connectivity index (χ4v) is 16.8. The summed E-state index contributed by atoms with van der Waals surface area (Å²) >= 11 is 0. The van der Waals surface area contributed by atoms with Gasteiger partial charge < -0.3 is 47.7 Å². The Hall–Kier alpha value is -5.45. The monoisotopic (exact) mass is 1370 g/mol. The highest BCUT2D eigenvalue weighted by Crippen LogP contribution is 2.52. The summed E-state index contributed by atoms with van der Waals surface area (Å²) < 4.78 is 77.7. The summed E-state index contributed by atoms with van der Waals surface area (Å²) in [4.78, 5) is 5.25. The Morgan fingerprint density at radius 3 is 0.929 bits per heavy atom. The lowest BCUT2D eigenvalue weighted by Crippen LogP contribution is -2.45. The van der Waals surface area contributed by atoms with E-state index < -0.39 is 9.84 Å². The molecule has 6 aromatic carbocycles. The molecule has 6 aromatic rings. The summed E-state index contributed by atoms with van der Waals surface area (Å²) in [6, 6.07) is 44.1. The van der Waals surface area contributed by atoms with Crippen molar-refractivity contribution in [3.63, 3.8) is 0 Å². The molecule has 13 heteroatoms. The van der Waals surface area contributed by atoms with E-state index in [1.165, 1.54) is 22.3 Å². The molecule has 538 valence electrons. The quantitative estimate of drug-likeness (QED) is 0.0338. The molecule has 5 heterocycles. The molecule has 0 amide bonds. The van der Waals surface area contributed by atoms with E-state index in [0.717, 1.165) is 316 Å². The fourth-order valence-electron chi connectivity index (χ4n) is 14.9. The third-order valence-electron chi connectivity index (χ3n) is 22.7. The lowest BCUT2D eigenvalue weighted by atomic mass is 9.84. The Morgan fingerprint density at radius 1 is 0.354 bits per heavy atom. The standard InChI is InChI=1S/C86H118N2O10S/c1-7-83(59-95-60-83)55-91-49-23-15-11-19-27-69-31-39-73(40-32-69)87(74-41-33-70(34-42-74)28-20-12-16-24-50-92-56-84(8-2)61-96-62-84)79-48-47-77-78-53-67(5)80(54-81(78)99(89,90)82(77)68(79)6)88(75-43-35-71(36-44-75)29-21-13-17-25-51-93-57-85(9-3)63-97-64-85)76-45-37-72(38-46-76)30-22-14-18-26-52-94-58-86(10-4)65-98-66-86/h31-48,53-54H,7-30,49-52,55-66H2,1-6H3. The van der Waals surface area contributed by atoms with Gasteiger partial charge in [0.1, 0.15) is 0 Å². The van der Waals surface area contributed by atoms with Gasteiger partial charge in [-0.2, -0.15) is 0 Å². The van der Waals surface area contributed by atoms with Crippen LogP contribution < -0.4 is 9.80 Å². The zero-order valence-corrected chi connectivity index (χ0v) is 62.0. The third kappa shape index (κ3) is 19.1. The SMILES string of the molecule is CCC1(COCCCCCCc2ccc(N(c3ccc(CCCCCCOCC4(CC)COC4)cc3)c3cc4c(cc3C)-c3ccc(N(c5ccc(CCCCCCOCC6(CC)COC6)cc5)c5ccc(CCCCCCOCC6(CC)COC6)cc5)c(C)c3S4(=O)=O)cc2)COC1. The number of sulfone groups is 1. The number of anilines is 6. The van der Waals surface area contributed by atoms with Crippen molar-refractivity contribution in [2.75, 3.05) is 116 Å². The topological polar surface area (TPSA) is 114 Å². The van der Waals surface area contributed by atoms with E-state index in [9.17, 15) is 0 Å². The minimum Gasteiger partial charge on any atom is -0.381 e. The van der Waals surface area contributed by atoms with Gasteiger partial charge in [-0.05, 0) is 217 Å². The number of hydrogen-bond acceptors (Lipinski definition) is 12. The van der Waals surface area contributed by atoms with Gasteiger partial charge in [-0.3, -0.25) is 0 Å². The minimum absolute atomic E-state index is 0.230. The van der Waals surface area contributed by atoms with Gasteiger partial charge >= 0.3 is 0 Å². The Labute approximate surface area is 595 Å². The molecule has 4 saturated heterocycles. The Bertz CT molecular complexity index is 3370. The van der Waals surface area contributed by atoms with Crippen LogP contribution in [0.15, 0.2) is 131 Å². The molecule has 0 aliphatic carbocycles. The summed E-state index contributed by atoms with van der Waals surface area (Å²) in [7, 11) is -3.99. The van der Waals surface area contributed by atoms with E-state index >= 15 is 8.42 Å². The van der Waals surface area contributed by atoms with Crippen molar-refractivity contribution >= 4 is 44.0 Å². The van der Waals surface area contributed by atoms with Gasteiger partial charge in [-0.1, -0.05) is 134 Å². The lowest BCUT2D eigenvalue weighted by Gasteiger charge is -2.40. The molecule has 0 spiro atoms. The predicted molar refractivity (Wildman–Crippen MR) is 402 cm³/mol. The Morgan fingerprint density at radius 2 is 0.646 bits per heavy atom. The van der Waals surface area contributed by atoms with Crippen LogP contribution in [0.5, 0.6) is 0 Å². The molecule has 5 aliphatic rings. The first kappa shape index (κ1) is 74.7. The molecule has 0 aromatic heterocycles. The number of nitrogens with zero attached hydrogens (tertiary/aromatic N) is 2. The van der Waals surface area contributed by atoms with Crippen LogP contribution in [-0.4, -0.2) is 114 Å². The molecule has 5 aliphatic heterocycles. The van der Waals surface area contributed by atoms with Crippen molar-refractivity contribution in [1.29, 1.82) is 0 Å². The highest BCUT2D eigenvalue weighted by Gasteiger charge is 2.41. The first-order valence-electron chi connectivity index (χ1n) is 38.5. The zero-order chi connectivity index (χ0) is 69.0. The summed E-state index contributed by atoms with van der Waals surface area (Å²) in [5.41, 5.74) is 15.0. The first-order chi connectivity index (χ1) is 48.3. The van der Waals surface area contributed by atoms with Crippen molar-refractivity contribution in [1.82, 2.24) is 0 Å². The molecule has 0 N–H and O–H groups in total. The minimum atomic E-state index is -3.99. The number of fused-ring (bicyclic) bond motifs is 3. The molecule has 4 fully saturated rings. The zero-order valence-electron chi connectivity index (χ0n) is 61.2. The van der Waals surface area contributed by atoms with E-state index in [2.05, 4.69) is 160 Å². The van der Waals surface area contributed by atoms with Crippen LogP contribution in [0.2, 0.25) is 0 Å². The van der Waals surface area contributed by atoms with Crippen molar-refractivity contribution in [3.05, 3.63) is 155 Å². The second kappa shape index (κ2) is 36.1. The average molecular weight is 1370 g/mol. The summed E-state index contributed by atoms with van der Waals surface area (Å²) in [5, 5.41) is 0. The van der Waals surface area contributed by atoms with Gasteiger partial charge in [0.05, 0.1) is 100 Å². The first-order valence-corrected chi connectivity index (χ1v) is 39.9. The molecule has 11 rings (SSSR count). The van der Waals surface area contributed by atoms with E-state index in [0.29, 0.717) is 9.79 Å². The average Bonchev–Trinajstić information content (AvgIpc) is 1.56. The lowest BCUT2D eigenvalue weighted by molar-refractivity contribution is -0.150. The van der Waals surface area contributed by atoms with E-state index in [1.807, 2.05) is 13.0 Å². The summed E-state index contributed by atoms with van der Waals surface area (Å²) in [5.74, 6) is 0. The molecule has 99 heavy (non-hydrogen) atoms. The maximum absolute atomic E-state index is 15.7. The number of hydrogen-bond donors (Lipinski definition) is 0. The van der Waals surface area contributed by atoms with Gasteiger partial charge in [0.25, 0.3) is 0 Å². The molecule has 0 saturated carbocycles. The van der Waals surface area contributed by atoms with Crippen LogP contribution in [0.3, 0.4) is 0 Å².